The van der Waals surface area contributed by atoms with Gasteiger partial charge in [-0.15, -0.1) is 0 Å². The summed E-state index contributed by atoms with van der Waals surface area (Å²) in [4.78, 5) is 14.1. The summed E-state index contributed by atoms with van der Waals surface area (Å²) in [7, 11) is 3.89. The molecule has 2 N–H and O–H groups in total. The molecule has 0 aromatic carbocycles. The smallest absolute Gasteiger partial charge is 0.319 e. The average Bonchev–Trinajstić information content (AvgIpc) is 3.31. The van der Waals surface area contributed by atoms with E-state index in [0.29, 0.717) is 18.8 Å². The van der Waals surface area contributed by atoms with E-state index in [0.717, 1.165) is 25.2 Å². The first-order valence-corrected chi connectivity index (χ1v) is 8.50. The van der Waals surface area contributed by atoms with Gasteiger partial charge in [-0.2, -0.15) is 5.10 Å². The van der Waals surface area contributed by atoms with Crippen LogP contribution >= 0.6 is 0 Å². The Labute approximate surface area is 147 Å². The first kappa shape index (κ1) is 17.5. The van der Waals surface area contributed by atoms with Crippen LogP contribution in [0.1, 0.15) is 24.6 Å². The van der Waals surface area contributed by atoms with Gasteiger partial charge in [0.1, 0.15) is 5.76 Å². The minimum atomic E-state index is -0.268. The second kappa shape index (κ2) is 8.17. The van der Waals surface area contributed by atoms with Crippen LogP contribution in [0.5, 0.6) is 0 Å². The molecular formula is C17H25N5O3. The topological polar surface area (TPSA) is 84.6 Å². The SMILES string of the molecule is CN(C)[C@H](CNC(=O)Nc1cnn(C[C@@H]2CCCO2)c1)c1ccco1. The molecule has 2 aromatic rings. The predicted octanol–water partition coefficient (Wildman–Crippen LogP) is 2.08. The van der Waals surface area contributed by atoms with Crippen LogP contribution < -0.4 is 10.6 Å². The van der Waals surface area contributed by atoms with Crippen LogP contribution in [0.4, 0.5) is 10.5 Å². The fourth-order valence-corrected chi connectivity index (χ4v) is 2.91. The zero-order valence-electron chi connectivity index (χ0n) is 14.6. The van der Waals surface area contributed by atoms with E-state index in [4.69, 9.17) is 9.15 Å². The van der Waals surface area contributed by atoms with Crippen LogP contribution in [0.25, 0.3) is 0 Å². The van der Waals surface area contributed by atoms with Crippen molar-refractivity contribution in [3.05, 3.63) is 36.5 Å². The Hall–Kier alpha value is -2.32. The average molecular weight is 347 g/mol. The number of nitrogens with zero attached hydrogens (tertiary/aromatic N) is 3. The number of amides is 2. The fourth-order valence-electron chi connectivity index (χ4n) is 2.91. The molecule has 0 spiro atoms. The minimum absolute atomic E-state index is 0.0250. The normalized spacial score (nSPS) is 18.4. The molecule has 1 saturated heterocycles. The Morgan fingerprint density at radius 3 is 3.08 bits per heavy atom. The summed E-state index contributed by atoms with van der Waals surface area (Å²) >= 11 is 0. The van der Waals surface area contributed by atoms with Gasteiger partial charge in [0.25, 0.3) is 0 Å². The van der Waals surface area contributed by atoms with Crippen LogP contribution in [0.3, 0.4) is 0 Å². The second-order valence-corrected chi connectivity index (χ2v) is 6.42. The van der Waals surface area contributed by atoms with Crippen LogP contribution in [0.2, 0.25) is 0 Å². The molecule has 25 heavy (non-hydrogen) atoms. The molecule has 136 valence electrons. The largest absolute Gasteiger partial charge is 0.468 e. The number of hydrogen-bond donors (Lipinski definition) is 2. The summed E-state index contributed by atoms with van der Waals surface area (Å²) < 4.78 is 12.8. The van der Waals surface area contributed by atoms with Crippen molar-refractivity contribution in [1.82, 2.24) is 20.0 Å². The zero-order valence-corrected chi connectivity index (χ0v) is 14.6. The van der Waals surface area contributed by atoms with Gasteiger partial charge in [0.05, 0.1) is 36.8 Å². The zero-order chi connectivity index (χ0) is 17.6. The first-order chi connectivity index (χ1) is 12.1. The monoisotopic (exact) mass is 347 g/mol. The highest BCUT2D eigenvalue weighted by Gasteiger charge is 2.19. The predicted molar refractivity (Wildman–Crippen MR) is 93.4 cm³/mol. The molecule has 3 rings (SSSR count). The van der Waals surface area contributed by atoms with E-state index in [-0.39, 0.29) is 18.2 Å². The molecule has 1 aliphatic heterocycles. The highest BCUT2D eigenvalue weighted by atomic mass is 16.5. The van der Waals surface area contributed by atoms with Crippen molar-refractivity contribution in [3.63, 3.8) is 0 Å². The number of anilines is 1. The van der Waals surface area contributed by atoms with Gasteiger partial charge in [-0.05, 0) is 39.1 Å². The summed E-state index contributed by atoms with van der Waals surface area (Å²) in [5.41, 5.74) is 0.662. The number of aromatic nitrogens is 2. The van der Waals surface area contributed by atoms with E-state index >= 15 is 0 Å². The van der Waals surface area contributed by atoms with Crippen molar-refractivity contribution in [3.8, 4) is 0 Å². The Kier molecular flexibility index (Phi) is 5.72. The lowest BCUT2D eigenvalue weighted by atomic mass is 10.2. The highest BCUT2D eigenvalue weighted by molar-refractivity contribution is 5.88. The molecule has 0 bridgehead atoms. The summed E-state index contributed by atoms with van der Waals surface area (Å²) in [6.45, 7) is 1.98. The summed E-state index contributed by atoms with van der Waals surface area (Å²) in [5, 5.41) is 9.94. The molecule has 1 fully saturated rings. The van der Waals surface area contributed by atoms with Crippen molar-refractivity contribution in [2.75, 3.05) is 32.6 Å². The fraction of sp³-hybridized carbons (Fsp3) is 0.529. The lowest BCUT2D eigenvalue weighted by molar-refractivity contribution is 0.0940. The maximum absolute atomic E-state index is 12.1. The Morgan fingerprint density at radius 1 is 1.52 bits per heavy atom. The van der Waals surface area contributed by atoms with Gasteiger partial charge in [-0.1, -0.05) is 0 Å². The second-order valence-electron chi connectivity index (χ2n) is 6.42. The number of urea groups is 1. The molecule has 0 saturated carbocycles. The van der Waals surface area contributed by atoms with E-state index in [9.17, 15) is 4.79 Å². The highest BCUT2D eigenvalue weighted by Crippen LogP contribution is 2.18. The van der Waals surface area contributed by atoms with Crippen LogP contribution in [-0.4, -0.2) is 54.1 Å². The van der Waals surface area contributed by atoms with Gasteiger partial charge in [0, 0.05) is 19.3 Å². The number of ether oxygens (including phenoxy) is 1. The molecule has 8 heteroatoms. The van der Waals surface area contributed by atoms with Gasteiger partial charge in [0.15, 0.2) is 0 Å². The van der Waals surface area contributed by atoms with Crippen molar-refractivity contribution < 1.29 is 13.9 Å². The Morgan fingerprint density at radius 2 is 2.40 bits per heavy atom. The van der Waals surface area contributed by atoms with Crippen molar-refractivity contribution in [2.24, 2.45) is 0 Å². The number of carbonyl (C=O) groups is 1. The first-order valence-electron chi connectivity index (χ1n) is 8.50. The lowest BCUT2D eigenvalue weighted by Crippen LogP contribution is -2.36. The van der Waals surface area contributed by atoms with Crippen molar-refractivity contribution in [1.29, 1.82) is 0 Å². The van der Waals surface area contributed by atoms with Gasteiger partial charge < -0.3 is 19.8 Å². The van der Waals surface area contributed by atoms with Crippen LogP contribution in [0, 0.1) is 0 Å². The summed E-state index contributed by atoms with van der Waals surface area (Å²) in [5.74, 6) is 0.815. The number of rotatable bonds is 7. The Balaban J connectivity index is 1.48. The third-order valence-corrected chi connectivity index (χ3v) is 4.26. The molecule has 1 aliphatic rings. The van der Waals surface area contributed by atoms with E-state index < -0.39 is 0 Å². The van der Waals surface area contributed by atoms with E-state index in [1.165, 1.54) is 0 Å². The maximum Gasteiger partial charge on any atom is 0.319 e. The molecule has 0 unspecified atom stereocenters. The third-order valence-electron chi connectivity index (χ3n) is 4.26. The van der Waals surface area contributed by atoms with Gasteiger partial charge in [-0.3, -0.25) is 9.58 Å². The van der Waals surface area contributed by atoms with Crippen LogP contribution in [-0.2, 0) is 11.3 Å². The number of furan rings is 1. The number of carbonyl (C=O) groups excluding carboxylic acids is 1. The van der Waals surface area contributed by atoms with E-state index in [1.807, 2.05) is 37.3 Å². The van der Waals surface area contributed by atoms with Crippen LogP contribution in [0.15, 0.2) is 35.2 Å². The summed E-state index contributed by atoms with van der Waals surface area (Å²) in [6, 6.07) is 3.45. The molecule has 2 atom stereocenters. The third kappa shape index (κ3) is 4.83. The van der Waals surface area contributed by atoms with E-state index in [1.54, 1.807) is 17.1 Å². The molecule has 0 aliphatic carbocycles. The van der Waals surface area contributed by atoms with Gasteiger partial charge in [-0.25, -0.2) is 4.79 Å². The number of hydrogen-bond acceptors (Lipinski definition) is 5. The van der Waals surface area contributed by atoms with Crippen molar-refractivity contribution in [2.45, 2.75) is 31.5 Å². The molecule has 2 aromatic heterocycles. The summed E-state index contributed by atoms with van der Waals surface area (Å²) in [6.07, 6.45) is 7.47. The molecule has 8 nitrogen and oxygen atoms in total. The van der Waals surface area contributed by atoms with E-state index in [2.05, 4.69) is 15.7 Å². The van der Waals surface area contributed by atoms with Gasteiger partial charge in [0.2, 0.25) is 0 Å². The Bertz CT molecular complexity index is 662. The molecule has 2 amide bonds. The molecule has 0 radical (unpaired) electrons. The molecule has 3 heterocycles. The maximum atomic E-state index is 12.1. The minimum Gasteiger partial charge on any atom is -0.468 e. The number of nitrogens with one attached hydrogen (secondary N) is 2. The lowest BCUT2D eigenvalue weighted by Gasteiger charge is -2.22. The standard InChI is InChI=1S/C17H25N5O3/c1-21(2)15(16-6-4-8-25-16)10-18-17(23)20-13-9-19-22(11-13)12-14-5-3-7-24-14/h4,6,8-9,11,14-15H,3,5,7,10,12H2,1-2H3,(H2,18,20,23)/t14-,15+/m0/s1. The number of likely N-dealkylation sites (N-methyl/N-ethyl adjacent to an activating group) is 1. The quantitative estimate of drug-likeness (QED) is 0.801. The van der Waals surface area contributed by atoms with Gasteiger partial charge >= 0.3 is 6.03 Å². The van der Waals surface area contributed by atoms with Crippen molar-refractivity contribution >= 4 is 11.7 Å². The molecular weight excluding hydrogens is 322 g/mol.